The largest absolute Gasteiger partial charge is 0.484 e. The third kappa shape index (κ3) is 2.30. The molecule has 0 bridgehead atoms. The summed E-state index contributed by atoms with van der Waals surface area (Å²) < 4.78 is 6.25. The molecule has 0 N–H and O–H groups in total. The Balaban J connectivity index is 1.91. The van der Waals surface area contributed by atoms with Gasteiger partial charge < -0.3 is 9.64 Å². The first kappa shape index (κ1) is 12.1. The Kier molecular flexibility index (Phi) is 3.16. The van der Waals surface area contributed by atoms with Crippen LogP contribution < -0.4 is 0 Å². The fourth-order valence-corrected chi connectivity index (χ4v) is 2.59. The van der Waals surface area contributed by atoms with Crippen LogP contribution in [0, 0.1) is 0 Å². The van der Waals surface area contributed by atoms with Crippen LogP contribution >= 0.6 is 0 Å². The second-order valence-electron chi connectivity index (χ2n) is 5.19. The predicted octanol–water partition coefficient (Wildman–Crippen LogP) is 3.89. The summed E-state index contributed by atoms with van der Waals surface area (Å²) in [6.45, 7) is 0. The summed E-state index contributed by atoms with van der Waals surface area (Å²) in [6, 6.07) is 8.47. The lowest BCUT2D eigenvalue weighted by molar-refractivity contribution is 0.121. The van der Waals surface area contributed by atoms with E-state index in [0.29, 0.717) is 0 Å². The molecule has 0 heterocycles. The van der Waals surface area contributed by atoms with Gasteiger partial charge in [0.25, 0.3) is 0 Å². The molecule has 2 nitrogen and oxygen atoms in total. The molecule has 1 atom stereocenters. The highest BCUT2D eigenvalue weighted by atomic mass is 16.5. The lowest BCUT2D eigenvalue weighted by atomic mass is 10.1. The molecule has 1 unspecified atom stereocenters. The summed E-state index contributed by atoms with van der Waals surface area (Å²) in [7, 11) is 4.15. The van der Waals surface area contributed by atoms with Crippen molar-refractivity contribution in [1.82, 2.24) is 4.90 Å². The molecule has 3 rings (SSSR count). The van der Waals surface area contributed by atoms with Crippen LogP contribution in [-0.2, 0) is 4.74 Å². The Morgan fingerprint density at radius 3 is 2.79 bits per heavy atom. The van der Waals surface area contributed by atoms with Gasteiger partial charge >= 0.3 is 0 Å². The Morgan fingerprint density at radius 2 is 2.05 bits per heavy atom. The number of hydrogen-bond donors (Lipinski definition) is 0. The first-order chi connectivity index (χ1) is 9.25. The second-order valence-corrected chi connectivity index (χ2v) is 5.19. The number of fused-ring (bicyclic) bond motifs is 1. The van der Waals surface area contributed by atoms with E-state index in [0.717, 1.165) is 18.6 Å². The SMILES string of the molecule is CN(C)C1=Cc2ccccc2C1OC1=CC=CCC1. The molecule has 1 aromatic carbocycles. The van der Waals surface area contributed by atoms with Crippen molar-refractivity contribution >= 4 is 6.08 Å². The maximum atomic E-state index is 6.25. The van der Waals surface area contributed by atoms with E-state index >= 15 is 0 Å². The minimum Gasteiger partial charge on any atom is -0.484 e. The smallest absolute Gasteiger partial charge is 0.163 e. The number of ether oxygens (including phenoxy) is 1. The lowest BCUT2D eigenvalue weighted by Crippen LogP contribution is -2.17. The molecule has 2 aliphatic rings. The van der Waals surface area contributed by atoms with E-state index in [1.165, 1.54) is 16.8 Å². The van der Waals surface area contributed by atoms with E-state index in [4.69, 9.17) is 4.74 Å². The average molecular weight is 253 g/mol. The molecule has 0 spiro atoms. The van der Waals surface area contributed by atoms with Gasteiger partial charge in [-0.25, -0.2) is 0 Å². The number of benzene rings is 1. The van der Waals surface area contributed by atoms with Crippen LogP contribution in [0.5, 0.6) is 0 Å². The molecule has 98 valence electrons. The minimum atomic E-state index is 0.0314. The summed E-state index contributed by atoms with van der Waals surface area (Å²) in [5, 5.41) is 0. The molecule has 0 saturated carbocycles. The molecule has 2 aliphatic carbocycles. The van der Waals surface area contributed by atoms with Crippen molar-refractivity contribution in [3.63, 3.8) is 0 Å². The van der Waals surface area contributed by atoms with E-state index in [2.05, 4.69) is 67.6 Å². The molecule has 0 fully saturated rings. The summed E-state index contributed by atoms with van der Waals surface area (Å²) in [5.74, 6) is 1.08. The van der Waals surface area contributed by atoms with Crippen molar-refractivity contribution in [2.75, 3.05) is 14.1 Å². The first-order valence-electron chi connectivity index (χ1n) is 6.76. The Morgan fingerprint density at radius 1 is 1.21 bits per heavy atom. The van der Waals surface area contributed by atoms with Crippen LogP contribution in [0.25, 0.3) is 6.08 Å². The predicted molar refractivity (Wildman–Crippen MR) is 78.4 cm³/mol. The van der Waals surface area contributed by atoms with E-state index in [1.54, 1.807) is 0 Å². The van der Waals surface area contributed by atoms with Crippen LogP contribution in [0.15, 0.2) is 53.9 Å². The van der Waals surface area contributed by atoms with Crippen molar-refractivity contribution in [1.29, 1.82) is 0 Å². The molecular formula is C17H19NO. The van der Waals surface area contributed by atoms with E-state index < -0.39 is 0 Å². The Labute approximate surface area is 114 Å². The molecule has 0 aliphatic heterocycles. The van der Waals surface area contributed by atoms with Gasteiger partial charge in [0, 0.05) is 26.1 Å². The van der Waals surface area contributed by atoms with Crippen molar-refractivity contribution in [3.05, 3.63) is 65.1 Å². The second kappa shape index (κ2) is 4.96. The van der Waals surface area contributed by atoms with Crippen LogP contribution in [0.3, 0.4) is 0 Å². The molecule has 19 heavy (non-hydrogen) atoms. The normalized spacial score (nSPS) is 20.6. The number of likely N-dealkylation sites (N-methyl/N-ethyl adjacent to an activating group) is 1. The average Bonchev–Trinajstić information content (AvgIpc) is 2.79. The standard InChI is InChI=1S/C17H19NO/c1-18(2)16-12-13-8-6-7-11-15(13)17(16)19-14-9-4-3-5-10-14/h3-4,6-9,11-12,17H,5,10H2,1-2H3. The molecule has 2 heteroatoms. The summed E-state index contributed by atoms with van der Waals surface area (Å²) >= 11 is 0. The van der Waals surface area contributed by atoms with Crippen molar-refractivity contribution in [2.24, 2.45) is 0 Å². The minimum absolute atomic E-state index is 0.0314. The Hall–Kier alpha value is -1.96. The third-order valence-electron chi connectivity index (χ3n) is 3.61. The molecule has 0 radical (unpaired) electrons. The molecule has 0 amide bonds. The zero-order valence-corrected chi connectivity index (χ0v) is 11.5. The zero-order valence-electron chi connectivity index (χ0n) is 11.5. The van der Waals surface area contributed by atoms with Crippen LogP contribution in [-0.4, -0.2) is 19.0 Å². The highest BCUT2D eigenvalue weighted by Gasteiger charge is 2.28. The van der Waals surface area contributed by atoms with Gasteiger partial charge in [0.2, 0.25) is 0 Å². The number of allylic oxidation sites excluding steroid dienone is 4. The Bertz CT molecular complexity index is 566. The lowest BCUT2D eigenvalue weighted by Gasteiger charge is -2.25. The summed E-state index contributed by atoms with van der Waals surface area (Å²) in [4.78, 5) is 2.14. The zero-order chi connectivity index (χ0) is 13.2. The number of rotatable bonds is 3. The summed E-state index contributed by atoms with van der Waals surface area (Å²) in [5.41, 5.74) is 3.75. The topological polar surface area (TPSA) is 12.5 Å². The van der Waals surface area contributed by atoms with Gasteiger partial charge in [-0.1, -0.05) is 36.4 Å². The third-order valence-corrected chi connectivity index (χ3v) is 3.61. The fourth-order valence-electron chi connectivity index (χ4n) is 2.59. The van der Waals surface area contributed by atoms with Crippen LogP contribution in [0.2, 0.25) is 0 Å². The van der Waals surface area contributed by atoms with E-state index in [-0.39, 0.29) is 6.10 Å². The molecule has 1 aromatic rings. The number of hydrogen-bond acceptors (Lipinski definition) is 2. The van der Waals surface area contributed by atoms with Gasteiger partial charge in [-0.3, -0.25) is 0 Å². The maximum absolute atomic E-state index is 6.25. The first-order valence-corrected chi connectivity index (χ1v) is 6.76. The van der Waals surface area contributed by atoms with Crippen molar-refractivity contribution < 1.29 is 4.74 Å². The summed E-state index contributed by atoms with van der Waals surface area (Å²) in [6.07, 6.45) is 10.7. The van der Waals surface area contributed by atoms with Gasteiger partial charge in [-0.05, 0) is 24.1 Å². The van der Waals surface area contributed by atoms with Crippen molar-refractivity contribution in [3.8, 4) is 0 Å². The quantitative estimate of drug-likeness (QED) is 0.810. The maximum Gasteiger partial charge on any atom is 0.163 e. The number of nitrogens with zero attached hydrogens (tertiary/aromatic N) is 1. The van der Waals surface area contributed by atoms with Gasteiger partial charge in [-0.2, -0.15) is 0 Å². The van der Waals surface area contributed by atoms with Crippen molar-refractivity contribution in [2.45, 2.75) is 18.9 Å². The van der Waals surface area contributed by atoms with Crippen LogP contribution in [0.1, 0.15) is 30.1 Å². The molecular weight excluding hydrogens is 234 g/mol. The fraction of sp³-hybridized carbons (Fsp3) is 0.294. The van der Waals surface area contributed by atoms with E-state index in [9.17, 15) is 0 Å². The monoisotopic (exact) mass is 253 g/mol. The highest BCUT2D eigenvalue weighted by molar-refractivity contribution is 5.65. The van der Waals surface area contributed by atoms with Gasteiger partial charge in [0.1, 0.15) is 0 Å². The van der Waals surface area contributed by atoms with Gasteiger partial charge in [0.05, 0.1) is 11.5 Å². The molecule has 0 saturated heterocycles. The van der Waals surface area contributed by atoms with Gasteiger partial charge in [0.15, 0.2) is 6.10 Å². The van der Waals surface area contributed by atoms with Crippen LogP contribution in [0.4, 0.5) is 0 Å². The van der Waals surface area contributed by atoms with Gasteiger partial charge in [-0.15, -0.1) is 0 Å². The van der Waals surface area contributed by atoms with E-state index in [1.807, 2.05) is 0 Å². The highest BCUT2D eigenvalue weighted by Crippen LogP contribution is 2.39. The molecule has 0 aromatic heterocycles.